The van der Waals surface area contributed by atoms with Crippen LogP contribution in [-0.2, 0) is 0 Å². The van der Waals surface area contributed by atoms with Crippen molar-refractivity contribution < 1.29 is 0 Å². The van der Waals surface area contributed by atoms with Gasteiger partial charge in [-0.05, 0) is 83.8 Å². The molecule has 1 saturated heterocycles. The van der Waals surface area contributed by atoms with Crippen LogP contribution in [-0.4, -0.2) is 19.3 Å². The van der Waals surface area contributed by atoms with E-state index >= 15 is 0 Å². The lowest BCUT2D eigenvalue weighted by atomic mass is 10.1. The van der Waals surface area contributed by atoms with Gasteiger partial charge in [0.2, 0.25) is 0 Å². The van der Waals surface area contributed by atoms with Crippen LogP contribution in [0.3, 0.4) is 0 Å². The van der Waals surface area contributed by atoms with Crippen LogP contribution < -0.4 is 4.90 Å². The zero-order valence-corrected chi connectivity index (χ0v) is 14.4. The van der Waals surface area contributed by atoms with E-state index in [9.17, 15) is 0 Å². The maximum Gasteiger partial charge on any atom is 0.0640 e. The van der Waals surface area contributed by atoms with Gasteiger partial charge in [-0.3, -0.25) is 4.99 Å². The molecule has 21 heavy (non-hydrogen) atoms. The van der Waals surface area contributed by atoms with E-state index in [0.29, 0.717) is 0 Å². The highest BCUT2D eigenvalue weighted by molar-refractivity contribution is 14.1. The molecule has 1 aliphatic rings. The Morgan fingerprint density at radius 2 is 1.90 bits per heavy atom. The van der Waals surface area contributed by atoms with Crippen molar-refractivity contribution in [2.24, 2.45) is 4.99 Å². The van der Waals surface area contributed by atoms with Crippen LogP contribution in [0.4, 0.5) is 11.4 Å². The SMILES string of the molecule is Cc1cc(N2CCCC2)ccc1C=Nc1cccc(I)c1. The van der Waals surface area contributed by atoms with E-state index in [1.54, 1.807) is 0 Å². The van der Waals surface area contributed by atoms with E-state index in [1.165, 1.54) is 46.3 Å². The lowest BCUT2D eigenvalue weighted by Crippen LogP contribution is -2.17. The van der Waals surface area contributed by atoms with Crippen LogP contribution in [0.2, 0.25) is 0 Å². The highest BCUT2D eigenvalue weighted by Gasteiger charge is 2.12. The lowest BCUT2D eigenvalue weighted by Gasteiger charge is -2.18. The van der Waals surface area contributed by atoms with Crippen molar-refractivity contribution in [2.75, 3.05) is 18.0 Å². The molecule has 1 fully saturated rings. The first-order chi connectivity index (χ1) is 10.2. The molecule has 2 aromatic carbocycles. The standard InChI is InChI=1S/C18H19IN2/c1-14-11-18(21-9-2-3-10-21)8-7-15(14)13-20-17-6-4-5-16(19)12-17/h4-8,11-13H,2-3,9-10H2,1H3. The molecule has 0 atom stereocenters. The van der Waals surface area contributed by atoms with Gasteiger partial charge in [0, 0.05) is 28.6 Å². The van der Waals surface area contributed by atoms with Crippen molar-refractivity contribution in [2.45, 2.75) is 19.8 Å². The van der Waals surface area contributed by atoms with Gasteiger partial charge in [0.05, 0.1) is 5.69 Å². The van der Waals surface area contributed by atoms with E-state index in [2.05, 4.69) is 69.7 Å². The number of hydrogen-bond acceptors (Lipinski definition) is 2. The minimum Gasteiger partial charge on any atom is -0.372 e. The molecular formula is C18H19IN2. The van der Waals surface area contributed by atoms with Gasteiger partial charge in [-0.25, -0.2) is 0 Å². The molecule has 0 bridgehead atoms. The summed E-state index contributed by atoms with van der Waals surface area (Å²) in [7, 11) is 0. The largest absolute Gasteiger partial charge is 0.372 e. The summed E-state index contributed by atoms with van der Waals surface area (Å²) in [5.41, 5.74) is 4.83. The summed E-state index contributed by atoms with van der Waals surface area (Å²) in [6, 6.07) is 14.9. The molecule has 0 radical (unpaired) electrons. The van der Waals surface area contributed by atoms with Crippen LogP contribution in [0.5, 0.6) is 0 Å². The number of rotatable bonds is 3. The molecule has 2 nitrogen and oxygen atoms in total. The molecule has 0 unspecified atom stereocenters. The van der Waals surface area contributed by atoms with E-state index in [0.717, 1.165) is 5.69 Å². The smallest absolute Gasteiger partial charge is 0.0640 e. The number of hydrogen-bond donors (Lipinski definition) is 0. The van der Waals surface area contributed by atoms with Gasteiger partial charge < -0.3 is 4.90 Å². The Morgan fingerprint density at radius 1 is 1.10 bits per heavy atom. The van der Waals surface area contributed by atoms with Crippen LogP contribution >= 0.6 is 22.6 Å². The molecule has 0 N–H and O–H groups in total. The second-order valence-electron chi connectivity index (χ2n) is 5.47. The predicted molar refractivity (Wildman–Crippen MR) is 99.0 cm³/mol. The quantitative estimate of drug-likeness (QED) is 0.535. The molecule has 0 saturated carbocycles. The second-order valence-corrected chi connectivity index (χ2v) is 6.72. The first-order valence-corrected chi connectivity index (χ1v) is 8.45. The fourth-order valence-electron chi connectivity index (χ4n) is 2.68. The van der Waals surface area contributed by atoms with E-state index < -0.39 is 0 Å². The van der Waals surface area contributed by atoms with E-state index in [1.807, 2.05) is 18.3 Å². The van der Waals surface area contributed by atoms with Crippen molar-refractivity contribution in [1.82, 2.24) is 0 Å². The maximum atomic E-state index is 4.58. The van der Waals surface area contributed by atoms with Crippen LogP contribution in [0.15, 0.2) is 47.5 Å². The summed E-state index contributed by atoms with van der Waals surface area (Å²) >= 11 is 2.31. The Kier molecular flexibility index (Phi) is 4.58. The summed E-state index contributed by atoms with van der Waals surface area (Å²) in [6.45, 7) is 4.54. The number of nitrogens with zero attached hydrogens (tertiary/aromatic N) is 2. The zero-order chi connectivity index (χ0) is 14.7. The summed E-state index contributed by atoms with van der Waals surface area (Å²) < 4.78 is 1.21. The summed E-state index contributed by atoms with van der Waals surface area (Å²) in [6.07, 6.45) is 4.60. The van der Waals surface area contributed by atoms with Crippen LogP contribution in [0.1, 0.15) is 24.0 Å². The van der Waals surface area contributed by atoms with Crippen molar-refractivity contribution in [3.05, 3.63) is 57.2 Å². The van der Waals surface area contributed by atoms with Gasteiger partial charge in [-0.1, -0.05) is 12.1 Å². The van der Waals surface area contributed by atoms with Gasteiger partial charge in [-0.15, -0.1) is 0 Å². The van der Waals surface area contributed by atoms with Gasteiger partial charge in [-0.2, -0.15) is 0 Å². The Morgan fingerprint density at radius 3 is 2.62 bits per heavy atom. The third-order valence-electron chi connectivity index (χ3n) is 3.89. The molecule has 1 heterocycles. The number of benzene rings is 2. The molecular weight excluding hydrogens is 371 g/mol. The minimum absolute atomic E-state index is 1.00. The maximum absolute atomic E-state index is 4.58. The molecule has 3 heteroatoms. The lowest BCUT2D eigenvalue weighted by molar-refractivity contribution is 0.949. The molecule has 0 aliphatic carbocycles. The molecule has 0 spiro atoms. The van der Waals surface area contributed by atoms with Crippen molar-refractivity contribution in [3.8, 4) is 0 Å². The van der Waals surface area contributed by atoms with Crippen molar-refractivity contribution in [1.29, 1.82) is 0 Å². The Bertz CT molecular complexity index is 658. The first-order valence-electron chi connectivity index (χ1n) is 7.37. The molecule has 0 aromatic heterocycles. The molecule has 0 amide bonds. The third kappa shape index (κ3) is 3.64. The summed E-state index contributed by atoms with van der Waals surface area (Å²) in [4.78, 5) is 7.05. The Labute approximate surface area is 140 Å². The zero-order valence-electron chi connectivity index (χ0n) is 12.2. The average Bonchev–Trinajstić information content (AvgIpc) is 3.00. The van der Waals surface area contributed by atoms with Crippen LogP contribution in [0, 0.1) is 10.5 Å². The van der Waals surface area contributed by atoms with Crippen LogP contribution in [0.25, 0.3) is 0 Å². The van der Waals surface area contributed by atoms with Gasteiger partial charge in [0.1, 0.15) is 0 Å². The summed E-state index contributed by atoms with van der Waals surface area (Å²) in [5.74, 6) is 0. The minimum atomic E-state index is 1.00. The Balaban J connectivity index is 1.79. The molecule has 1 aliphatic heterocycles. The van der Waals surface area contributed by atoms with E-state index in [4.69, 9.17) is 0 Å². The van der Waals surface area contributed by atoms with Gasteiger partial charge in [0.15, 0.2) is 0 Å². The van der Waals surface area contributed by atoms with E-state index in [-0.39, 0.29) is 0 Å². The molecule has 3 rings (SSSR count). The number of halogens is 1. The topological polar surface area (TPSA) is 15.6 Å². The number of aliphatic imine (C=N–C) groups is 1. The molecule has 108 valence electrons. The predicted octanol–water partition coefficient (Wildman–Crippen LogP) is 4.95. The van der Waals surface area contributed by atoms with Crippen molar-refractivity contribution in [3.63, 3.8) is 0 Å². The molecule has 2 aromatic rings. The Hall–Kier alpha value is -1.36. The van der Waals surface area contributed by atoms with Gasteiger partial charge >= 0.3 is 0 Å². The normalized spacial score (nSPS) is 15.0. The van der Waals surface area contributed by atoms with Crippen molar-refractivity contribution >= 4 is 40.2 Å². The average molecular weight is 390 g/mol. The fourth-order valence-corrected chi connectivity index (χ4v) is 3.20. The first kappa shape index (κ1) is 14.6. The summed E-state index contributed by atoms with van der Waals surface area (Å²) in [5, 5.41) is 0. The monoisotopic (exact) mass is 390 g/mol. The van der Waals surface area contributed by atoms with Gasteiger partial charge in [0.25, 0.3) is 0 Å². The number of anilines is 1. The highest BCUT2D eigenvalue weighted by Crippen LogP contribution is 2.23. The fraction of sp³-hybridized carbons (Fsp3) is 0.278. The number of aryl methyl sites for hydroxylation is 1. The highest BCUT2D eigenvalue weighted by atomic mass is 127. The third-order valence-corrected chi connectivity index (χ3v) is 4.56. The second kappa shape index (κ2) is 6.60.